The van der Waals surface area contributed by atoms with E-state index in [0.717, 1.165) is 18.4 Å². The molecule has 6 rings (SSSR count). The molecule has 2 N–H and O–H groups in total. The summed E-state index contributed by atoms with van der Waals surface area (Å²) >= 11 is 6.23. The number of Topliss-reactive ketones (excluding diaryl/α,β-unsaturated/α-hetero) is 1. The molecular weight excluding hydrogens is 694 g/mol. The van der Waals surface area contributed by atoms with Crippen LogP contribution in [0.4, 0.5) is 5.69 Å². The average molecular weight is 734 g/mol. The molecule has 2 heterocycles. The van der Waals surface area contributed by atoms with Crippen LogP contribution >= 0.6 is 11.6 Å². The molecule has 0 unspecified atom stereocenters. The van der Waals surface area contributed by atoms with Gasteiger partial charge in [-0.1, -0.05) is 78.6 Å². The van der Waals surface area contributed by atoms with E-state index in [1.807, 2.05) is 13.0 Å². The Balaban J connectivity index is 1.24. The molecule has 3 aromatic rings. The van der Waals surface area contributed by atoms with E-state index in [0.29, 0.717) is 22.8 Å². The number of carbonyl (C=O) groups excluding carboxylic acids is 4. The van der Waals surface area contributed by atoms with Crippen LogP contribution in [0.1, 0.15) is 57.4 Å². The number of hydrogen-bond donors (Lipinski definition) is 2. The quantitative estimate of drug-likeness (QED) is 0.235. The molecule has 268 valence electrons. The number of carbonyl (C=O) groups is 4. The summed E-state index contributed by atoms with van der Waals surface area (Å²) in [4.78, 5) is 61.4. The maximum Gasteiger partial charge on any atom is 0.289 e. The van der Waals surface area contributed by atoms with Crippen LogP contribution in [0.15, 0.2) is 95.0 Å². The number of anilines is 1. The zero-order valence-electron chi connectivity index (χ0n) is 28.2. The van der Waals surface area contributed by atoms with Crippen LogP contribution < -0.4 is 14.9 Å². The Morgan fingerprint density at radius 3 is 2.39 bits per heavy atom. The number of sulfonamides is 1. The molecule has 51 heavy (non-hydrogen) atoms. The van der Waals surface area contributed by atoms with Gasteiger partial charge in [-0.05, 0) is 55.7 Å². The SMILES string of the molecule is CCC[C@H](NC(=O)[C@@H]1C[C@]2(CC(c3cccc(Cl)c3)=NO2)CN1C(=O)CCN(c1ccccc1)S(=O)(=O)c1ccccc1)C(=O)C(=O)NC1CC1. The van der Waals surface area contributed by atoms with Crippen molar-refractivity contribution in [1.29, 1.82) is 0 Å². The molecule has 2 aliphatic heterocycles. The van der Waals surface area contributed by atoms with Crippen molar-refractivity contribution in [3.05, 3.63) is 95.5 Å². The third kappa shape index (κ3) is 8.26. The van der Waals surface area contributed by atoms with E-state index in [9.17, 15) is 27.6 Å². The molecule has 3 aromatic carbocycles. The lowest BCUT2D eigenvalue weighted by atomic mass is 9.91. The lowest BCUT2D eigenvalue weighted by Gasteiger charge is -2.28. The van der Waals surface area contributed by atoms with Gasteiger partial charge in [0.15, 0.2) is 5.60 Å². The molecule has 2 fully saturated rings. The third-order valence-corrected chi connectivity index (χ3v) is 11.3. The van der Waals surface area contributed by atoms with E-state index < -0.39 is 51.2 Å². The predicted octanol–water partition coefficient (Wildman–Crippen LogP) is 4.22. The van der Waals surface area contributed by atoms with E-state index in [1.165, 1.54) is 21.3 Å². The first-order valence-corrected chi connectivity index (χ1v) is 18.9. The second kappa shape index (κ2) is 15.2. The minimum atomic E-state index is -4.06. The molecule has 3 atom stereocenters. The first-order chi connectivity index (χ1) is 24.5. The standard InChI is InChI=1S/C37H40ClN5O7S/c1-2-10-30(34(45)36(47)39-27-17-18-27)40-35(46)32-23-37(22-31(41-50-37)25-11-9-12-26(38)21-25)24-42(32)33(44)19-20-43(28-13-5-3-6-14-28)51(48,49)29-15-7-4-8-16-29/h3-9,11-16,21,27,30,32H,2,10,17-20,22-24H2,1H3,(H,39,47)(H,40,46)/t30-,32-,37+/m0/s1. The predicted molar refractivity (Wildman–Crippen MR) is 192 cm³/mol. The monoisotopic (exact) mass is 733 g/mol. The summed E-state index contributed by atoms with van der Waals surface area (Å²) < 4.78 is 28.9. The van der Waals surface area contributed by atoms with E-state index in [2.05, 4.69) is 15.8 Å². The maximum atomic E-state index is 14.2. The van der Waals surface area contributed by atoms with Crippen LogP contribution in [0.2, 0.25) is 5.02 Å². The normalized spacial score (nSPS) is 20.3. The van der Waals surface area contributed by atoms with Gasteiger partial charge in [0.05, 0.1) is 28.9 Å². The first kappa shape index (κ1) is 36.1. The van der Waals surface area contributed by atoms with Gasteiger partial charge in [-0.2, -0.15) is 0 Å². The number of nitrogens with zero attached hydrogens (tertiary/aromatic N) is 3. The summed E-state index contributed by atoms with van der Waals surface area (Å²) in [7, 11) is -4.06. The van der Waals surface area contributed by atoms with Crippen LogP contribution in [0.3, 0.4) is 0 Å². The second-order valence-electron chi connectivity index (χ2n) is 13.2. The van der Waals surface area contributed by atoms with Crippen molar-refractivity contribution in [1.82, 2.24) is 15.5 Å². The molecule has 3 amide bonds. The number of oxime groups is 1. The van der Waals surface area contributed by atoms with Crippen molar-refractivity contribution < 1.29 is 32.4 Å². The summed E-state index contributed by atoms with van der Waals surface area (Å²) in [5.41, 5.74) is 0.666. The van der Waals surface area contributed by atoms with Gasteiger partial charge in [-0.3, -0.25) is 23.5 Å². The van der Waals surface area contributed by atoms with Crippen LogP contribution in [0, 0.1) is 0 Å². The third-order valence-electron chi connectivity index (χ3n) is 9.27. The van der Waals surface area contributed by atoms with Crippen LogP contribution in [-0.2, 0) is 34.0 Å². The fourth-order valence-corrected chi connectivity index (χ4v) is 8.17. The number of halogens is 1. The van der Waals surface area contributed by atoms with Crippen molar-refractivity contribution in [2.75, 3.05) is 17.4 Å². The van der Waals surface area contributed by atoms with Gasteiger partial charge in [0.1, 0.15) is 6.04 Å². The van der Waals surface area contributed by atoms with E-state index >= 15 is 0 Å². The van der Waals surface area contributed by atoms with Gasteiger partial charge >= 0.3 is 0 Å². The van der Waals surface area contributed by atoms with Crippen LogP contribution in [0.5, 0.6) is 0 Å². The lowest BCUT2D eigenvalue weighted by Crippen LogP contribution is -2.53. The van der Waals surface area contributed by atoms with Crippen molar-refractivity contribution in [2.24, 2.45) is 5.16 Å². The number of para-hydroxylation sites is 1. The molecule has 1 aliphatic carbocycles. The van der Waals surface area contributed by atoms with Crippen LogP contribution in [0.25, 0.3) is 0 Å². The highest BCUT2D eigenvalue weighted by molar-refractivity contribution is 7.92. The van der Waals surface area contributed by atoms with Crippen molar-refractivity contribution in [2.45, 2.75) is 80.5 Å². The number of ketones is 1. The fraction of sp³-hybridized carbons (Fsp3) is 0.378. The Bertz CT molecular complexity index is 1920. The van der Waals surface area contributed by atoms with Gasteiger partial charge < -0.3 is 20.4 Å². The highest BCUT2D eigenvalue weighted by Crippen LogP contribution is 2.39. The summed E-state index contributed by atoms with van der Waals surface area (Å²) in [6.07, 6.45) is 2.44. The first-order valence-electron chi connectivity index (χ1n) is 17.1. The summed E-state index contributed by atoms with van der Waals surface area (Å²) in [5.74, 6) is -2.58. The molecular formula is C37H40ClN5O7S. The topological polar surface area (TPSA) is 155 Å². The number of nitrogens with one attached hydrogen (secondary N) is 2. The largest absolute Gasteiger partial charge is 0.387 e. The van der Waals surface area contributed by atoms with E-state index in [1.54, 1.807) is 66.7 Å². The Morgan fingerprint density at radius 2 is 1.73 bits per heavy atom. The zero-order chi connectivity index (χ0) is 36.2. The highest BCUT2D eigenvalue weighted by atomic mass is 35.5. The smallest absolute Gasteiger partial charge is 0.289 e. The fourth-order valence-electron chi connectivity index (χ4n) is 6.49. The number of rotatable bonds is 14. The molecule has 1 spiro atoms. The van der Waals surface area contributed by atoms with Gasteiger partial charge in [0.25, 0.3) is 15.9 Å². The van der Waals surface area contributed by atoms with Gasteiger partial charge in [0, 0.05) is 42.4 Å². The molecule has 0 radical (unpaired) electrons. The molecule has 1 saturated heterocycles. The average Bonchev–Trinajstić information content (AvgIpc) is 3.72. The number of amides is 3. The van der Waals surface area contributed by atoms with Gasteiger partial charge in [-0.25, -0.2) is 8.42 Å². The molecule has 1 saturated carbocycles. The minimum absolute atomic E-state index is 0.0111. The summed E-state index contributed by atoms with van der Waals surface area (Å²) in [6.45, 7) is 1.62. The second-order valence-corrected chi connectivity index (χ2v) is 15.5. The molecule has 14 heteroatoms. The number of hydrogen-bond acceptors (Lipinski definition) is 8. The van der Waals surface area contributed by atoms with E-state index in [-0.39, 0.29) is 49.7 Å². The minimum Gasteiger partial charge on any atom is -0.387 e. The summed E-state index contributed by atoms with van der Waals surface area (Å²) in [6, 6.07) is 21.4. The Hall–Kier alpha value is -4.75. The van der Waals surface area contributed by atoms with Crippen molar-refractivity contribution in [3.63, 3.8) is 0 Å². The summed E-state index contributed by atoms with van der Waals surface area (Å²) in [5, 5.41) is 10.3. The Morgan fingerprint density at radius 1 is 1.02 bits per heavy atom. The molecule has 0 bridgehead atoms. The van der Waals surface area contributed by atoms with Gasteiger partial charge in [-0.15, -0.1) is 0 Å². The lowest BCUT2D eigenvalue weighted by molar-refractivity contribution is -0.142. The van der Waals surface area contributed by atoms with Crippen molar-refractivity contribution >= 4 is 56.5 Å². The van der Waals surface area contributed by atoms with Crippen molar-refractivity contribution in [3.8, 4) is 0 Å². The Kier molecular flexibility index (Phi) is 10.8. The zero-order valence-corrected chi connectivity index (χ0v) is 29.7. The maximum absolute atomic E-state index is 14.2. The number of likely N-dealkylation sites (tertiary alicyclic amines) is 1. The molecule has 12 nitrogen and oxygen atoms in total. The highest BCUT2D eigenvalue weighted by Gasteiger charge is 2.54. The number of benzene rings is 3. The molecule has 3 aliphatic rings. The Labute approximate surface area is 302 Å². The van der Waals surface area contributed by atoms with Crippen LogP contribution in [-0.4, -0.2) is 79.4 Å². The molecule has 0 aromatic heterocycles. The van der Waals surface area contributed by atoms with Gasteiger partial charge in [0.2, 0.25) is 17.6 Å². The van der Waals surface area contributed by atoms with E-state index in [4.69, 9.17) is 16.4 Å².